The van der Waals surface area contributed by atoms with Crippen molar-refractivity contribution in [3.05, 3.63) is 12.3 Å². The lowest BCUT2D eigenvalue weighted by molar-refractivity contribution is 0.887. The molecule has 0 radical (unpaired) electrons. The molecule has 0 aliphatic heterocycles. The van der Waals surface area contributed by atoms with E-state index >= 15 is 0 Å². The van der Waals surface area contributed by atoms with Gasteiger partial charge in [0.2, 0.25) is 5.95 Å². The summed E-state index contributed by atoms with van der Waals surface area (Å²) in [7, 11) is 0. The molecule has 11 heavy (non-hydrogen) atoms. The van der Waals surface area contributed by atoms with Gasteiger partial charge in [-0.1, -0.05) is 0 Å². The molecule has 1 aromatic rings. The van der Waals surface area contributed by atoms with Gasteiger partial charge in [-0.05, 0) is 19.9 Å². The molecule has 0 unspecified atom stereocenters. The van der Waals surface area contributed by atoms with Crippen LogP contribution < -0.4 is 11.1 Å². The molecule has 0 aliphatic rings. The molecule has 0 saturated carbocycles. The molecule has 0 atom stereocenters. The average Bonchev–Trinajstić information content (AvgIpc) is 1.85. The maximum atomic E-state index is 5.37. The van der Waals surface area contributed by atoms with Crippen LogP contribution >= 0.6 is 0 Å². The van der Waals surface area contributed by atoms with Gasteiger partial charge in [-0.2, -0.15) is 4.98 Å². The first-order valence-corrected chi connectivity index (χ1v) is 3.53. The van der Waals surface area contributed by atoms with E-state index in [0.29, 0.717) is 12.0 Å². The molecule has 4 nitrogen and oxygen atoms in total. The highest BCUT2D eigenvalue weighted by Crippen LogP contribution is 2.03. The molecular weight excluding hydrogens is 140 g/mol. The van der Waals surface area contributed by atoms with E-state index in [-0.39, 0.29) is 0 Å². The highest BCUT2D eigenvalue weighted by Gasteiger charge is 1.95. The molecule has 1 heterocycles. The van der Waals surface area contributed by atoms with Crippen molar-refractivity contribution >= 4 is 11.8 Å². The molecule has 0 saturated heterocycles. The van der Waals surface area contributed by atoms with Crippen LogP contribution in [-0.4, -0.2) is 16.0 Å². The normalized spacial score (nSPS) is 10.1. The van der Waals surface area contributed by atoms with Crippen LogP contribution in [0.15, 0.2) is 12.3 Å². The van der Waals surface area contributed by atoms with Crippen molar-refractivity contribution in [2.75, 3.05) is 11.1 Å². The summed E-state index contributed by atoms with van der Waals surface area (Å²) in [5.41, 5.74) is 5.37. The molecule has 3 N–H and O–H groups in total. The predicted octanol–water partition coefficient (Wildman–Crippen LogP) is 0.879. The number of nitrogens with two attached hydrogens (primary N) is 1. The van der Waals surface area contributed by atoms with Crippen molar-refractivity contribution in [3.8, 4) is 0 Å². The summed E-state index contributed by atoms with van der Waals surface area (Å²) >= 11 is 0. The van der Waals surface area contributed by atoms with Gasteiger partial charge < -0.3 is 11.1 Å². The van der Waals surface area contributed by atoms with Crippen LogP contribution in [0.3, 0.4) is 0 Å². The third kappa shape index (κ3) is 2.41. The zero-order valence-corrected chi connectivity index (χ0v) is 6.70. The topological polar surface area (TPSA) is 63.8 Å². The van der Waals surface area contributed by atoms with Crippen molar-refractivity contribution in [2.45, 2.75) is 19.9 Å². The van der Waals surface area contributed by atoms with Crippen molar-refractivity contribution in [1.29, 1.82) is 0 Å². The van der Waals surface area contributed by atoms with Gasteiger partial charge in [-0.15, -0.1) is 0 Å². The molecule has 60 valence electrons. The number of hydrogen-bond donors (Lipinski definition) is 2. The molecule has 0 aromatic carbocycles. The maximum absolute atomic E-state index is 5.37. The van der Waals surface area contributed by atoms with Crippen molar-refractivity contribution in [1.82, 2.24) is 9.97 Å². The Balaban J connectivity index is 2.71. The lowest BCUT2D eigenvalue weighted by atomic mass is 10.4. The van der Waals surface area contributed by atoms with E-state index in [1.54, 1.807) is 12.3 Å². The fourth-order valence-corrected chi connectivity index (χ4v) is 0.750. The van der Waals surface area contributed by atoms with Crippen LogP contribution in [0.5, 0.6) is 0 Å². The van der Waals surface area contributed by atoms with Crippen LogP contribution in [0.4, 0.5) is 11.8 Å². The Labute approximate surface area is 65.9 Å². The van der Waals surface area contributed by atoms with E-state index in [0.717, 1.165) is 5.82 Å². The number of anilines is 2. The highest BCUT2D eigenvalue weighted by molar-refractivity contribution is 5.37. The summed E-state index contributed by atoms with van der Waals surface area (Å²) in [5, 5.41) is 3.11. The quantitative estimate of drug-likeness (QED) is 0.660. The second kappa shape index (κ2) is 3.18. The SMILES string of the molecule is CC(C)Nc1ccnc(N)n1. The van der Waals surface area contributed by atoms with Crippen LogP contribution in [0.2, 0.25) is 0 Å². The van der Waals surface area contributed by atoms with Crippen molar-refractivity contribution in [3.63, 3.8) is 0 Å². The second-order valence-corrected chi connectivity index (χ2v) is 2.60. The number of aromatic nitrogens is 2. The fraction of sp³-hybridized carbons (Fsp3) is 0.429. The molecule has 4 heteroatoms. The summed E-state index contributed by atoms with van der Waals surface area (Å²) < 4.78 is 0. The van der Waals surface area contributed by atoms with Crippen LogP contribution in [0, 0.1) is 0 Å². The lowest BCUT2D eigenvalue weighted by Gasteiger charge is -2.07. The van der Waals surface area contributed by atoms with Gasteiger partial charge in [0, 0.05) is 12.2 Å². The minimum Gasteiger partial charge on any atom is -0.368 e. The molecular formula is C7H12N4. The Bertz CT molecular complexity index is 234. The number of hydrogen-bond acceptors (Lipinski definition) is 4. The summed E-state index contributed by atoms with van der Waals surface area (Å²) in [6.45, 7) is 4.08. The summed E-state index contributed by atoms with van der Waals surface area (Å²) in [4.78, 5) is 7.74. The number of nitrogens with one attached hydrogen (secondary N) is 1. The molecule has 1 rings (SSSR count). The van der Waals surface area contributed by atoms with Crippen LogP contribution in [0.1, 0.15) is 13.8 Å². The molecule has 0 fully saturated rings. The summed E-state index contributed by atoms with van der Waals surface area (Å²) in [6, 6.07) is 2.15. The summed E-state index contributed by atoms with van der Waals surface area (Å²) in [6.07, 6.45) is 1.63. The van der Waals surface area contributed by atoms with E-state index in [1.807, 2.05) is 13.8 Å². The van der Waals surface area contributed by atoms with E-state index in [1.165, 1.54) is 0 Å². The second-order valence-electron chi connectivity index (χ2n) is 2.60. The molecule has 0 bridgehead atoms. The Morgan fingerprint density at radius 2 is 2.27 bits per heavy atom. The van der Waals surface area contributed by atoms with E-state index in [2.05, 4.69) is 15.3 Å². The molecule has 0 spiro atoms. The third-order valence-corrected chi connectivity index (χ3v) is 1.11. The number of nitrogens with zero attached hydrogens (tertiary/aromatic N) is 2. The van der Waals surface area contributed by atoms with Gasteiger partial charge >= 0.3 is 0 Å². The smallest absolute Gasteiger partial charge is 0.221 e. The minimum atomic E-state index is 0.302. The molecule has 1 aromatic heterocycles. The van der Waals surface area contributed by atoms with Gasteiger partial charge in [0.1, 0.15) is 5.82 Å². The number of rotatable bonds is 2. The fourth-order valence-electron chi connectivity index (χ4n) is 0.750. The zero-order valence-electron chi connectivity index (χ0n) is 6.70. The van der Waals surface area contributed by atoms with E-state index < -0.39 is 0 Å². The Kier molecular flexibility index (Phi) is 2.25. The van der Waals surface area contributed by atoms with Crippen LogP contribution in [0.25, 0.3) is 0 Å². The van der Waals surface area contributed by atoms with Gasteiger partial charge in [0.15, 0.2) is 0 Å². The minimum absolute atomic E-state index is 0.302. The van der Waals surface area contributed by atoms with Gasteiger partial charge in [-0.3, -0.25) is 0 Å². The first-order valence-electron chi connectivity index (χ1n) is 3.53. The first kappa shape index (κ1) is 7.78. The Morgan fingerprint density at radius 1 is 1.55 bits per heavy atom. The molecule has 0 amide bonds. The first-order chi connectivity index (χ1) is 5.18. The number of nitrogen functional groups attached to an aromatic ring is 1. The zero-order chi connectivity index (χ0) is 8.27. The Hall–Kier alpha value is -1.32. The average molecular weight is 152 g/mol. The van der Waals surface area contributed by atoms with Crippen molar-refractivity contribution < 1.29 is 0 Å². The van der Waals surface area contributed by atoms with Crippen LogP contribution in [-0.2, 0) is 0 Å². The monoisotopic (exact) mass is 152 g/mol. The van der Waals surface area contributed by atoms with Crippen molar-refractivity contribution in [2.24, 2.45) is 0 Å². The maximum Gasteiger partial charge on any atom is 0.221 e. The highest BCUT2D eigenvalue weighted by atomic mass is 15.1. The Morgan fingerprint density at radius 3 is 2.82 bits per heavy atom. The standard InChI is InChI=1S/C7H12N4/c1-5(2)10-6-3-4-9-7(8)11-6/h3-5H,1-2H3,(H3,8,9,10,11). The van der Waals surface area contributed by atoms with E-state index in [4.69, 9.17) is 5.73 Å². The molecule has 0 aliphatic carbocycles. The van der Waals surface area contributed by atoms with Gasteiger partial charge in [-0.25, -0.2) is 4.98 Å². The van der Waals surface area contributed by atoms with E-state index in [9.17, 15) is 0 Å². The third-order valence-electron chi connectivity index (χ3n) is 1.11. The summed E-state index contributed by atoms with van der Waals surface area (Å²) in [5.74, 6) is 1.07. The predicted molar refractivity (Wildman–Crippen MR) is 45.2 cm³/mol. The largest absolute Gasteiger partial charge is 0.368 e. The van der Waals surface area contributed by atoms with Gasteiger partial charge in [0.25, 0.3) is 0 Å². The van der Waals surface area contributed by atoms with Gasteiger partial charge in [0.05, 0.1) is 0 Å². The lowest BCUT2D eigenvalue weighted by Crippen LogP contribution is -2.11.